The molecule has 0 bridgehead atoms. The van der Waals surface area contributed by atoms with Crippen molar-refractivity contribution in [2.75, 3.05) is 24.5 Å². The molecule has 1 heterocycles. The minimum Gasteiger partial charge on any atom is -0.360 e. The van der Waals surface area contributed by atoms with E-state index in [-0.39, 0.29) is 12.5 Å². The summed E-state index contributed by atoms with van der Waals surface area (Å²) >= 11 is 0. The van der Waals surface area contributed by atoms with E-state index in [1.54, 1.807) is 6.92 Å². The van der Waals surface area contributed by atoms with Crippen molar-refractivity contribution in [2.24, 2.45) is 0 Å². The summed E-state index contributed by atoms with van der Waals surface area (Å²) in [6, 6.07) is 0. The highest BCUT2D eigenvalue weighted by atomic mass is 19.4. The van der Waals surface area contributed by atoms with Gasteiger partial charge in [-0.15, -0.1) is 0 Å². The smallest absolute Gasteiger partial charge is 0.360 e. The summed E-state index contributed by atoms with van der Waals surface area (Å²) in [5.41, 5.74) is 1.06. The predicted molar refractivity (Wildman–Crippen MR) is 77.4 cm³/mol. The molecule has 1 aromatic rings. The Morgan fingerprint density at radius 3 is 2.43 bits per heavy atom. The zero-order valence-corrected chi connectivity index (χ0v) is 13.0. The summed E-state index contributed by atoms with van der Waals surface area (Å²) in [7, 11) is 0. The van der Waals surface area contributed by atoms with E-state index in [9.17, 15) is 13.2 Å². The van der Waals surface area contributed by atoms with Crippen molar-refractivity contribution >= 4 is 5.69 Å². The standard InChI is InChI=1S/C14H23F3N4/c1-5-18-7-11-12(8-19-13(20-11)10(3)4)21(6-2)9-14(15,16)17/h8,10,18H,5-7,9H2,1-4H3. The number of hydrogen-bond donors (Lipinski definition) is 1. The third-order valence-corrected chi connectivity index (χ3v) is 3.02. The minimum absolute atomic E-state index is 0.136. The molecule has 1 N–H and O–H groups in total. The van der Waals surface area contributed by atoms with Gasteiger partial charge in [0.15, 0.2) is 0 Å². The first kappa shape index (κ1) is 17.7. The second-order valence-corrected chi connectivity index (χ2v) is 5.12. The van der Waals surface area contributed by atoms with E-state index in [1.807, 2.05) is 20.8 Å². The van der Waals surface area contributed by atoms with Crippen LogP contribution in [-0.4, -0.2) is 35.8 Å². The molecule has 0 saturated carbocycles. The second kappa shape index (κ2) is 7.59. The first-order valence-electron chi connectivity index (χ1n) is 7.16. The number of alkyl halides is 3. The van der Waals surface area contributed by atoms with Crippen LogP contribution in [0.5, 0.6) is 0 Å². The Kier molecular flexibility index (Phi) is 6.39. The molecule has 0 amide bonds. The number of nitrogens with zero attached hydrogens (tertiary/aromatic N) is 3. The van der Waals surface area contributed by atoms with E-state index in [0.717, 1.165) is 6.54 Å². The van der Waals surface area contributed by atoms with Gasteiger partial charge in [0, 0.05) is 19.0 Å². The number of rotatable bonds is 7. The molecule has 4 nitrogen and oxygen atoms in total. The molecule has 0 radical (unpaired) electrons. The highest BCUT2D eigenvalue weighted by Crippen LogP contribution is 2.25. The number of nitrogens with one attached hydrogen (secondary N) is 1. The van der Waals surface area contributed by atoms with Crippen LogP contribution < -0.4 is 10.2 Å². The van der Waals surface area contributed by atoms with Gasteiger partial charge in [0.25, 0.3) is 0 Å². The van der Waals surface area contributed by atoms with Gasteiger partial charge in [0.1, 0.15) is 12.4 Å². The Morgan fingerprint density at radius 1 is 1.29 bits per heavy atom. The van der Waals surface area contributed by atoms with Crippen molar-refractivity contribution in [1.82, 2.24) is 15.3 Å². The minimum atomic E-state index is -4.25. The Hall–Kier alpha value is -1.37. The molecule has 0 aliphatic heterocycles. The Morgan fingerprint density at radius 2 is 1.95 bits per heavy atom. The van der Waals surface area contributed by atoms with Gasteiger partial charge in [-0.1, -0.05) is 20.8 Å². The van der Waals surface area contributed by atoms with Crippen molar-refractivity contribution in [2.45, 2.75) is 46.3 Å². The lowest BCUT2D eigenvalue weighted by Gasteiger charge is -2.26. The highest BCUT2D eigenvalue weighted by Gasteiger charge is 2.31. The van der Waals surface area contributed by atoms with Crippen LogP contribution in [0.15, 0.2) is 6.20 Å². The van der Waals surface area contributed by atoms with Crippen LogP contribution in [-0.2, 0) is 6.54 Å². The van der Waals surface area contributed by atoms with Gasteiger partial charge in [-0.3, -0.25) is 0 Å². The van der Waals surface area contributed by atoms with Gasteiger partial charge in [0.05, 0.1) is 17.6 Å². The molecule has 0 unspecified atom stereocenters. The maximum atomic E-state index is 12.7. The van der Waals surface area contributed by atoms with Crippen LogP contribution in [0.1, 0.15) is 45.1 Å². The molecule has 0 saturated heterocycles. The van der Waals surface area contributed by atoms with Gasteiger partial charge >= 0.3 is 6.18 Å². The maximum Gasteiger partial charge on any atom is 0.405 e. The molecule has 1 aromatic heterocycles. The highest BCUT2D eigenvalue weighted by molar-refractivity contribution is 5.49. The zero-order chi connectivity index (χ0) is 16.0. The largest absolute Gasteiger partial charge is 0.405 e. The summed E-state index contributed by atoms with van der Waals surface area (Å²) < 4.78 is 38.0. The summed E-state index contributed by atoms with van der Waals surface area (Å²) in [5, 5.41) is 3.11. The van der Waals surface area contributed by atoms with Gasteiger partial charge < -0.3 is 10.2 Å². The molecule has 21 heavy (non-hydrogen) atoms. The second-order valence-electron chi connectivity index (χ2n) is 5.12. The van der Waals surface area contributed by atoms with Crippen molar-refractivity contribution < 1.29 is 13.2 Å². The fourth-order valence-corrected chi connectivity index (χ4v) is 1.93. The van der Waals surface area contributed by atoms with Crippen LogP contribution in [0.2, 0.25) is 0 Å². The van der Waals surface area contributed by atoms with Gasteiger partial charge in [-0.2, -0.15) is 13.2 Å². The molecule has 0 aliphatic carbocycles. The van der Waals surface area contributed by atoms with Crippen LogP contribution >= 0.6 is 0 Å². The fraction of sp³-hybridized carbons (Fsp3) is 0.714. The van der Waals surface area contributed by atoms with Gasteiger partial charge in [-0.25, -0.2) is 9.97 Å². The molecular weight excluding hydrogens is 281 g/mol. The first-order chi connectivity index (χ1) is 9.78. The Bertz CT molecular complexity index is 446. The lowest BCUT2D eigenvalue weighted by Crippen LogP contribution is -2.35. The molecule has 0 aromatic carbocycles. The van der Waals surface area contributed by atoms with Crippen molar-refractivity contribution in [1.29, 1.82) is 0 Å². The Labute approximate surface area is 123 Å². The summed E-state index contributed by atoms with van der Waals surface area (Å²) in [5.74, 6) is 0.784. The summed E-state index contributed by atoms with van der Waals surface area (Å²) in [4.78, 5) is 9.88. The van der Waals surface area contributed by atoms with E-state index < -0.39 is 12.7 Å². The molecule has 120 valence electrons. The maximum absolute atomic E-state index is 12.7. The summed E-state index contributed by atoms with van der Waals surface area (Å²) in [6.07, 6.45) is -2.74. The molecule has 7 heteroatoms. The average molecular weight is 304 g/mol. The average Bonchev–Trinajstić information content (AvgIpc) is 2.41. The quantitative estimate of drug-likeness (QED) is 0.840. The predicted octanol–water partition coefficient (Wildman–Crippen LogP) is 3.10. The molecule has 0 spiro atoms. The van der Waals surface area contributed by atoms with Crippen LogP contribution in [0.4, 0.5) is 18.9 Å². The van der Waals surface area contributed by atoms with E-state index >= 15 is 0 Å². The molecule has 1 rings (SSSR count). The van der Waals surface area contributed by atoms with Crippen LogP contribution in [0.3, 0.4) is 0 Å². The number of hydrogen-bond acceptors (Lipinski definition) is 4. The van der Waals surface area contributed by atoms with Gasteiger partial charge in [-0.05, 0) is 13.5 Å². The number of halogens is 3. The van der Waals surface area contributed by atoms with Crippen molar-refractivity contribution in [3.8, 4) is 0 Å². The van der Waals surface area contributed by atoms with Crippen molar-refractivity contribution in [3.05, 3.63) is 17.7 Å². The van der Waals surface area contributed by atoms with E-state index in [1.165, 1.54) is 11.1 Å². The fourth-order valence-electron chi connectivity index (χ4n) is 1.93. The van der Waals surface area contributed by atoms with Crippen LogP contribution in [0, 0.1) is 0 Å². The van der Waals surface area contributed by atoms with E-state index in [0.29, 0.717) is 23.8 Å². The van der Waals surface area contributed by atoms with E-state index in [4.69, 9.17) is 0 Å². The SMILES string of the molecule is CCNCc1nc(C(C)C)ncc1N(CC)CC(F)(F)F. The third kappa shape index (κ3) is 5.49. The normalized spacial score (nSPS) is 12.0. The third-order valence-electron chi connectivity index (χ3n) is 3.02. The zero-order valence-electron chi connectivity index (χ0n) is 13.0. The monoisotopic (exact) mass is 304 g/mol. The molecule has 0 fully saturated rings. The topological polar surface area (TPSA) is 41.1 Å². The van der Waals surface area contributed by atoms with Crippen molar-refractivity contribution in [3.63, 3.8) is 0 Å². The first-order valence-corrected chi connectivity index (χ1v) is 7.16. The molecule has 0 aliphatic rings. The van der Waals surface area contributed by atoms with Crippen LogP contribution in [0.25, 0.3) is 0 Å². The Balaban J connectivity index is 3.12. The summed E-state index contributed by atoms with van der Waals surface area (Å²) in [6.45, 7) is 7.97. The number of aromatic nitrogens is 2. The van der Waals surface area contributed by atoms with E-state index in [2.05, 4.69) is 15.3 Å². The lowest BCUT2D eigenvalue weighted by molar-refractivity contribution is -0.119. The van der Waals surface area contributed by atoms with Gasteiger partial charge in [0.2, 0.25) is 0 Å². The lowest BCUT2D eigenvalue weighted by atomic mass is 10.2. The number of anilines is 1. The molecule has 0 atom stereocenters. The molecular formula is C14H23F3N4.